The summed E-state index contributed by atoms with van der Waals surface area (Å²) in [5, 5.41) is 4.71. The molecule has 0 aliphatic carbocycles. The van der Waals surface area contributed by atoms with Crippen molar-refractivity contribution in [1.82, 2.24) is 19.2 Å². The Balaban J connectivity index is 1.37. The molecular formula is C23H29N5O2S. The molecule has 0 saturated carbocycles. The van der Waals surface area contributed by atoms with E-state index in [1.165, 1.54) is 24.8 Å². The first-order valence-electron chi connectivity index (χ1n) is 10.9. The molecule has 1 amide bonds. The van der Waals surface area contributed by atoms with Gasteiger partial charge in [0, 0.05) is 26.1 Å². The topological polar surface area (TPSA) is 82.2 Å². The summed E-state index contributed by atoms with van der Waals surface area (Å²) in [5.74, 6) is 1.66. The third-order valence-corrected chi connectivity index (χ3v) is 6.40. The maximum Gasteiger partial charge on any atom is 0.219 e. The Labute approximate surface area is 187 Å². The summed E-state index contributed by atoms with van der Waals surface area (Å²) in [6, 6.07) is 14.4. The van der Waals surface area contributed by atoms with E-state index in [1.54, 1.807) is 6.26 Å². The Hall–Kier alpha value is -2.71. The zero-order chi connectivity index (χ0) is 21.6. The van der Waals surface area contributed by atoms with Crippen molar-refractivity contribution < 1.29 is 9.21 Å². The van der Waals surface area contributed by atoms with Gasteiger partial charge in [-0.15, -0.1) is 5.10 Å². The van der Waals surface area contributed by atoms with Crippen LogP contribution in [0.4, 0.5) is 0 Å². The third kappa shape index (κ3) is 5.51. The number of primary amides is 1. The standard InChI is InChI=1S/C23H29N5O2S/c24-21(29)12-15-27-22(20-7-4-16-30-20)25-28(23(27)31)17-26-13-10-19(11-14-26)9-8-18-5-2-1-3-6-18/h1-7,16,19H,8-15,17H2,(H2,24,29). The van der Waals surface area contributed by atoms with Crippen molar-refractivity contribution in [3.63, 3.8) is 0 Å². The van der Waals surface area contributed by atoms with Crippen molar-refractivity contribution in [2.75, 3.05) is 13.1 Å². The molecule has 1 aliphatic rings. The number of furan rings is 1. The Morgan fingerprint density at radius 3 is 2.61 bits per heavy atom. The minimum Gasteiger partial charge on any atom is -0.461 e. The molecular weight excluding hydrogens is 410 g/mol. The van der Waals surface area contributed by atoms with E-state index in [-0.39, 0.29) is 12.3 Å². The number of hydrogen-bond acceptors (Lipinski definition) is 5. The van der Waals surface area contributed by atoms with Gasteiger partial charge < -0.3 is 10.2 Å². The number of carbonyl (C=O) groups is 1. The molecule has 1 fully saturated rings. The average molecular weight is 440 g/mol. The van der Waals surface area contributed by atoms with Gasteiger partial charge in [0.2, 0.25) is 5.91 Å². The second kappa shape index (κ2) is 10.1. The molecule has 0 atom stereocenters. The predicted octanol–water partition coefficient (Wildman–Crippen LogP) is 3.85. The van der Waals surface area contributed by atoms with E-state index in [9.17, 15) is 4.79 Å². The number of piperidine rings is 1. The first kappa shape index (κ1) is 21.5. The van der Waals surface area contributed by atoms with Crippen LogP contribution in [0.2, 0.25) is 0 Å². The predicted molar refractivity (Wildman–Crippen MR) is 122 cm³/mol. The Morgan fingerprint density at radius 1 is 1.16 bits per heavy atom. The number of benzene rings is 1. The second-order valence-corrected chi connectivity index (χ2v) is 8.54. The van der Waals surface area contributed by atoms with Gasteiger partial charge in [0.05, 0.1) is 12.9 Å². The summed E-state index contributed by atoms with van der Waals surface area (Å²) < 4.78 is 9.78. The molecule has 4 rings (SSSR count). The summed E-state index contributed by atoms with van der Waals surface area (Å²) in [5.41, 5.74) is 6.76. The second-order valence-electron chi connectivity index (χ2n) is 8.18. The fourth-order valence-corrected chi connectivity index (χ4v) is 4.44. The van der Waals surface area contributed by atoms with Gasteiger partial charge in [-0.3, -0.25) is 14.3 Å². The molecule has 3 heterocycles. The van der Waals surface area contributed by atoms with Crippen LogP contribution in [0.15, 0.2) is 53.1 Å². The SMILES string of the molecule is NC(=O)CCn1c(-c2ccco2)nn(CN2CCC(CCc3ccccc3)CC2)c1=S. The minimum atomic E-state index is -0.363. The summed E-state index contributed by atoms with van der Waals surface area (Å²) in [6.07, 6.45) is 6.58. The highest BCUT2D eigenvalue weighted by Gasteiger charge is 2.21. The van der Waals surface area contributed by atoms with Crippen LogP contribution in [0.25, 0.3) is 11.6 Å². The molecule has 0 bridgehead atoms. The molecule has 2 aromatic heterocycles. The zero-order valence-corrected chi connectivity index (χ0v) is 18.5. The number of carbonyl (C=O) groups excluding carboxylic acids is 1. The smallest absolute Gasteiger partial charge is 0.219 e. The van der Waals surface area contributed by atoms with E-state index >= 15 is 0 Å². The van der Waals surface area contributed by atoms with Crippen molar-refractivity contribution >= 4 is 18.1 Å². The van der Waals surface area contributed by atoms with Gasteiger partial charge in [-0.25, -0.2) is 4.68 Å². The Kier molecular flexibility index (Phi) is 6.99. The molecule has 2 N–H and O–H groups in total. The lowest BCUT2D eigenvalue weighted by atomic mass is 9.91. The van der Waals surface area contributed by atoms with Crippen LogP contribution in [-0.4, -0.2) is 38.2 Å². The largest absolute Gasteiger partial charge is 0.461 e. The number of nitrogens with zero attached hydrogens (tertiary/aromatic N) is 4. The molecule has 1 aromatic carbocycles. The van der Waals surface area contributed by atoms with Crippen LogP contribution in [0.3, 0.4) is 0 Å². The highest BCUT2D eigenvalue weighted by molar-refractivity contribution is 7.71. The molecule has 1 saturated heterocycles. The van der Waals surface area contributed by atoms with Crippen LogP contribution in [0.5, 0.6) is 0 Å². The molecule has 7 nitrogen and oxygen atoms in total. The quantitative estimate of drug-likeness (QED) is 0.512. The first-order chi connectivity index (χ1) is 15.1. The monoisotopic (exact) mass is 439 g/mol. The van der Waals surface area contributed by atoms with Gasteiger partial charge >= 0.3 is 0 Å². The van der Waals surface area contributed by atoms with Crippen LogP contribution in [-0.2, 0) is 24.4 Å². The molecule has 3 aromatic rings. The van der Waals surface area contributed by atoms with Crippen molar-refractivity contribution in [2.24, 2.45) is 11.7 Å². The van der Waals surface area contributed by atoms with Gasteiger partial charge in [0.15, 0.2) is 16.4 Å². The highest BCUT2D eigenvalue weighted by atomic mass is 32.1. The lowest BCUT2D eigenvalue weighted by Gasteiger charge is -2.31. The van der Waals surface area contributed by atoms with Gasteiger partial charge in [-0.2, -0.15) is 0 Å². The maximum atomic E-state index is 11.3. The molecule has 0 spiro atoms. The number of likely N-dealkylation sites (tertiary alicyclic amines) is 1. The van der Waals surface area contributed by atoms with Crippen LogP contribution in [0, 0.1) is 10.7 Å². The van der Waals surface area contributed by atoms with Crippen LogP contribution >= 0.6 is 12.2 Å². The summed E-state index contributed by atoms with van der Waals surface area (Å²) in [6.45, 7) is 3.10. The van der Waals surface area contributed by atoms with Gasteiger partial charge in [-0.05, 0) is 61.5 Å². The van der Waals surface area contributed by atoms with Crippen molar-refractivity contribution in [2.45, 2.75) is 45.3 Å². The summed E-state index contributed by atoms with van der Waals surface area (Å²) >= 11 is 5.67. The van der Waals surface area contributed by atoms with E-state index < -0.39 is 0 Å². The minimum absolute atomic E-state index is 0.209. The summed E-state index contributed by atoms with van der Waals surface area (Å²) in [7, 11) is 0. The van der Waals surface area contributed by atoms with Crippen LogP contribution < -0.4 is 5.73 Å². The average Bonchev–Trinajstić information content (AvgIpc) is 3.41. The Bertz CT molecular complexity index is 1030. The van der Waals surface area contributed by atoms with Crippen molar-refractivity contribution in [3.05, 3.63) is 59.1 Å². The maximum absolute atomic E-state index is 11.3. The number of rotatable bonds is 9. The molecule has 8 heteroatoms. The Morgan fingerprint density at radius 2 is 1.94 bits per heavy atom. The molecule has 0 unspecified atom stereocenters. The van der Waals surface area contributed by atoms with Gasteiger partial charge in [0.25, 0.3) is 0 Å². The van der Waals surface area contributed by atoms with E-state index in [4.69, 9.17) is 27.5 Å². The summed E-state index contributed by atoms with van der Waals surface area (Å²) in [4.78, 5) is 13.7. The third-order valence-electron chi connectivity index (χ3n) is 5.97. The molecule has 0 radical (unpaired) electrons. The first-order valence-corrected chi connectivity index (χ1v) is 11.3. The molecule has 1 aliphatic heterocycles. The number of aromatic nitrogens is 3. The van der Waals surface area contributed by atoms with E-state index in [2.05, 4.69) is 35.2 Å². The number of nitrogens with two attached hydrogens (primary N) is 1. The molecule has 164 valence electrons. The van der Waals surface area contributed by atoms with Gasteiger partial charge in [0.1, 0.15) is 0 Å². The lowest BCUT2D eigenvalue weighted by molar-refractivity contribution is -0.118. The highest BCUT2D eigenvalue weighted by Crippen LogP contribution is 2.24. The normalized spacial score (nSPS) is 15.4. The van der Waals surface area contributed by atoms with Crippen molar-refractivity contribution in [3.8, 4) is 11.6 Å². The number of aryl methyl sites for hydroxylation is 1. The number of hydrogen-bond donors (Lipinski definition) is 1. The molecule has 31 heavy (non-hydrogen) atoms. The van der Waals surface area contributed by atoms with Gasteiger partial charge in [-0.1, -0.05) is 30.3 Å². The van der Waals surface area contributed by atoms with E-state index in [0.717, 1.165) is 25.4 Å². The zero-order valence-electron chi connectivity index (χ0n) is 17.7. The van der Waals surface area contributed by atoms with E-state index in [1.807, 2.05) is 21.4 Å². The lowest BCUT2D eigenvalue weighted by Crippen LogP contribution is -2.35. The fraction of sp³-hybridized carbons (Fsp3) is 0.435. The van der Waals surface area contributed by atoms with Crippen molar-refractivity contribution in [1.29, 1.82) is 0 Å². The van der Waals surface area contributed by atoms with Crippen LogP contribution in [0.1, 0.15) is 31.2 Å². The fourth-order valence-electron chi connectivity index (χ4n) is 4.17. The van der Waals surface area contributed by atoms with E-state index in [0.29, 0.717) is 29.6 Å². The number of amides is 1.